The summed E-state index contributed by atoms with van der Waals surface area (Å²) in [5.41, 5.74) is 8.92. The molecule has 4 rings (SSSR count). The number of amides is 1. The molecular formula is C27H27BrN6O3. The summed E-state index contributed by atoms with van der Waals surface area (Å²) >= 11 is 3.41. The van der Waals surface area contributed by atoms with Crippen LogP contribution in [0, 0.1) is 0 Å². The monoisotopic (exact) mass is 562 g/mol. The van der Waals surface area contributed by atoms with Crippen LogP contribution in [0.2, 0.25) is 0 Å². The Kier molecular flexibility index (Phi) is 8.68. The molecule has 1 amide bonds. The number of halogens is 1. The Morgan fingerprint density at radius 2 is 1.76 bits per heavy atom. The van der Waals surface area contributed by atoms with Crippen LogP contribution in [0.15, 0.2) is 89.5 Å². The van der Waals surface area contributed by atoms with E-state index in [2.05, 4.69) is 41.8 Å². The van der Waals surface area contributed by atoms with Gasteiger partial charge in [-0.2, -0.15) is 4.98 Å². The quantitative estimate of drug-likeness (QED) is 0.167. The molecule has 2 atom stereocenters. The zero-order valence-corrected chi connectivity index (χ0v) is 21.4. The summed E-state index contributed by atoms with van der Waals surface area (Å²) in [5, 5.41) is 29.1. The van der Waals surface area contributed by atoms with Gasteiger partial charge in [-0.3, -0.25) is 4.79 Å². The summed E-state index contributed by atoms with van der Waals surface area (Å²) in [6.45, 7) is 0.170. The number of phenols is 1. The Bertz CT molecular complexity index is 1360. The van der Waals surface area contributed by atoms with Crippen molar-refractivity contribution in [2.75, 3.05) is 22.5 Å². The van der Waals surface area contributed by atoms with Gasteiger partial charge in [-0.05, 0) is 63.8 Å². The van der Waals surface area contributed by atoms with E-state index in [9.17, 15) is 15.0 Å². The van der Waals surface area contributed by atoms with Gasteiger partial charge in [0, 0.05) is 24.1 Å². The third-order valence-corrected chi connectivity index (χ3v) is 6.06. The van der Waals surface area contributed by atoms with Gasteiger partial charge in [0.25, 0.3) is 0 Å². The highest BCUT2D eigenvalue weighted by Crippen LogP contribution is 2.25. The number of nitrogens with zero attached hydrogens (tertiary/aromatic N) is 2. The van der Waals surface area contributed by atoms with Gasteiger partial charge in [0.15, 0.2) is 0 Å². The van der Waals surface area contributed by atoms with Crippen molar-refractivity contribution in [3.63, 3.8) is 0 Å². The molecule has 2 unspecified atom stereocenters. The Balaban J connectivity index is 1.37. The van der Waals surface area contributed by atoms with Gasteiger partial charge in [-0.25, -0.2) is 4.98 Å². The van der Waals surface area contributed by atoms with E-state index < -0.39 is 12.1 Å². The van der Waals surface area contributed by atoms with Crippen LogP contribution >= 0.6 is 15.9 Å². The van der Waals surface area contributed by atoms with Crippen LogP contribution in [0.5, 0.6) is 5.75 Å². The molecule has 7 N–H and O–H groups in total. The van der Waals surface area contributed by atoms with Crippen molar-refractivity contribution in [3.05, 3.63) is 101 Å². The van der Waals surface area contributed by atoms with Crippen molar-refractivity contribution in [3.8, 4) is 5.75 Å². The van der Waals surface area contributed by atoms with Crippen molar-refractivity contribution in [1.82, 2.24) is 9.97 Å². The number of anilines is 4. The molecule has 3 aromatic carbocycles. The number of carbonyl (C=O) groups excluding carboxylic acids is 1. The summed E-state index contributed by atoms with van der Waals surface area (Å²) in [7, 11) is 0. The lowest BCUT2D eigenvalue weighted by atomic mass is 10.1. The standard InChI is InChI=1S/C27H27BrN6O3/c28-22-15-31-27(34-25(22)30-16-24(36)18-8-4-11-21(35)13-18)33-20-10-5-9-19(14-20)32-26(37)23(29)12-17-6-2-1-3-7-17/h1-11,13-15,23-24,35-36H,12,16,29H2,(H,32,37)(H2,30,31,33,34). The summed E-state index contributed by atoms with van der Waals surface area (Å²) in [6, 6.07) is 22.5. The van der Waals surface area contributed by atoms with Gasteiger partial charge in [0.2, 0.25) is 11.9 Å². The number of aliphatic hydroxyl groups excluding tert-OH is 1. The predicted octanol–water partition coefficient (Wildman–Crippen LogP) is 4.34. The van der Waals surface area contributed by atoms with Gasteiger partial charge in [-0.1, -0.05) is 48.5 Å². The molecule has 0 aliphatic heterocycles. The minimum absolute atomic E-state index is 0.0860. The van der Waals surface area contributed by atoms with Crippen LogP contribution in [0.4, 0.5) is 23.1 Å². The van der Waals surface area contributed by atoms with Crippen molar-refractivity contribution in [1.29, 1.82) is 0 Å². The molecule has 0 saturated heterocycles. The molecule has 10 heteroatoms. The van der Waals surface area contributed by atoms with Gasteiger partial charge in [-0.15, -0.1) is 0 Å². The van der Waals surface area contributed by atoms with Crippen molar-refractivity contribution in [2.45, 2.75) is 18.6 Å². The summed E-state index contributed by atoms with van der Waals surface area (Å²) in [6.07, 6.45) is 1.18. The molecule has 0 spiro atoms. The summed E-state index contributed by atoms with van der Waals surface area (Å²) in [4.78, 5) is 21.3. The fourth-order valence-corrected chi connectivity index (χ4v) is 3.93. The average molecular weight is 563 g/mol. The lowest BCUT2D eigenvalue weighted by Gasteiger charge is -2.15. The fourth-order valence-electron chi connectivity index (χ4n) is 3.59. The number of carbonyl (C=O) groups is 1. The molecule has 0 radical (unpaired) electrons. The van der Waals surface area contributed by atoms with Crippen molar-refractivity contribution >= 4 is 45.0 Å². The topological polar surface area (TPSA) is 145 Å². The number of aliphatic hydroxyl groups is 1. The number of benzene rings is 3. The first-order valence-corrected chi connectivity index (χ1v) is 12.4. The van der Waals surface area contributed by atoms with Gasteiger partial charge < -0.3 is 31.9 Å². The molecule has 0 bridgehead atoms. The maximum Gasteiger partial charge on any atom is 0.241 e. The Morgan fingerprint density at radius 1 is 1.00 bits per heavy atom. The molecule has 37 heavy (non-hydrogen) atoms. The maximum atomic E-state index is 12.6. The number of hydrogen-bond donors (Lipinski definition) is 6. The molecular weight excluding hydrogens is 536 g/mol. The number of nitrogens with two attached hydrogens (primary N) is 1. The average Bonchev–Trinajstić information content (AvgIpc) is 2.89. The number of aromatic nitrogens is 2. The Morgan fingerprint density at radius 3 is 2.54 bits per heavy atom. The van der Waals surface area contributed by atoms with E-state index in [0.29, 0.717) is 39.6 Å². The first-order chi connectivity index (χ1) is 17.9. The maximum absolute atomic E-state index is 12.6. The van der Waals surface area contributed by atoms with Crippen LogP contribution in [-0.4, -0.2) is 38.7 Å². The van der Waals surface area contributed by atoms with Crippen LogP contribution in [0.1, 0.15) is 17.2 Å². The van der Waals surface area contributed by atoms with Gasteiger partial charge >= 0.3 is 0 Å². The van der Waals surface area contributed by atoms with Gasteiger partial charge in [0.1, 0.15) is 11.6 Å². The van der Waals surface area contributed by atoms with E-state index in [0.717, 1.165) is 5.56 Å². The molecule has 1 heterocycles. The SMILES string of the molecule is NC(Cc1ccccc1)C(=O)Nc1cccc(Nc2ncc(Br)c(NCC(O)c3cccc(O)c3)n2)c1. The van der Waals surface area contributed by atoms with Gasteiger partial charge in [0.05, 0.1) is 16.6 Å². The minimum Gasteiger partial charge on any atom is -0.508 e. The van der Waals surface area contributed by atoms with E-state index in [1.807, 2.05) is 36.4 Å². The number of hydrogen-bond acceptors (Lipinski definition) is 8. The zero-order chi connectivity index (χ0) is 26.2. The smallest absolute Gasteiger partial charge is 0.241 e. The summed E-state index contributed by atoms with van der Waals surface area (Å²) in [5.74, 6) is 0.607. The Labute approximate surface area is 222 Å². The van der Waals surface area contributed by atoms with Crippen LogP contribution < -0.4 is 21.7 Å². The lowest BCUT2D eigenvalue weighted by Crippen LogP contribution is -2.37. The predicted molar refractivity (Wildman–Crippen MR) is 148 cm³/mol. The first-order valence-electron chi connectivity index (χ1n) is 11.6. The van der Waals surface area contributed by atoms with E-state index in [1.165, 1.54) is 6.07 Å². The second-order valence-electron chi connectivity index (χ2n) is 8.37. The second kappa shape index (κ2) is 12.3. The molecule has 0 fully saturated rings. The van der Waals surface area contributed by atoms with E-state index in [1.54, 1.807) is 42.6 Å². The Hall–Kier alpha value is -3.99. The number of phenolic OH excluding ortho intramolecular Hbond substituents is 1. The molecule has 1 aromatic heterocycles. The van der Waals surface area contributed by atoms with E-state index >= 15 is 0 Å². The highest BCUT2D eigenvalue weighted by Gasteiger charge is 2.15. The zero-order valence-electron chi connectivity index (χ0n) is 19.8. The molecule has 190 valence electrons. The molecule has 0 saturated carbocycles. The largest absolute Gasteiger partial charge is 0.508 e. The van der Waals surface area contributed by atoms with E-state index in [4.69, 9.17) is 5.73 Å². The third-order valence-electron chi connectivity index (χ3n) is 5.48. The molecule has 0 aliphatic carbocycles. The highest BCUT2D eigenvalue weighted by atomic mass is 79.9. The molecule has 4 aromatic rings. The van der Waals surface area contributed by atoms with Crippen LogP contribution in [-0.2, 0) is 11.2 Å². The molecule has 9 nitrogen and oxygen atoms in total. The van der Waals surface area contributed by atoms with Crippen molar-refractivity contribution in [2.24, 2.45) is 5.73 Å². The number of rotatable bonds is 10. The third kappa shape index (κ3) is 7.50. The van der Waals surface area contributed by atoms with Crippen LogP contribution in [0.25, 0.3) is 0 Å². The fraction of sp³-hybridized carbons (Fsp3) is 0.148. The normalized spacial score (nSPS) is 12.4. The van der Waals surface area contributed by atoms with Crippen molar-refractivity contribution < 1.29 is 15.0 Å². The molecule has 0 aliphatic rings. The second-order valence-corrected chi connectivity index (χ2v) is 9.23. The minimum atomic E-state index is -0.848. The highest BCUT2D eigenvalue weighted by molar-refractivity contribution is 9.10. The summed E-state index contributed by atoms with van der Waals surface area (Å²) < 4.78 is 0.620. The number of aromatic hydroxyl groups is 1. The van der Waals surface area contributed by atoms with Crippen LogP contribution in [0.3, 0.4) is 0 Å². The first kappa shape index (κ1) is 26.1. The number of nitrogens with one attached hydrogen (secondary N) is 3. The lowest BCUT2D eigenvalue weighted by molar-refractivity contribution is -0.117. The van der Waals surface area contributed by atoms with E-state index in [-0.39, 0.29) is 18.2 Å².